The lowest BCUT2D eigenvalue weighted by Crippen LogP contribution is -2.35. The third-order valence-electron chi connectivity index (χ3n) is 4.19. The summed E-state index contributed by atoms with van der Waals surface area (Å²) in [6, 6.07) is 18.0. The number of likely N-dealkylation sites (N-methyl/N-ethyl adjacent to an activating group) is 1. The average molecular weight is 447 g/mol. The van der Waals surface area contributed by atoms with Crippen molar-refractivity contribution in [3.05, 3.63) is 70.7 Å². The second-order valence-corrected chi connectivity index (χ2v) is 9.20. The quantitative estimate of drug-likeness (QED) is 0.639. The van der Waals surface area contributed by atoms with Crippen molar-refractivity contribution >= 4 is 48.3 Å². The van der Waals surface area contributed by atoms with Crippen LogP contribution in [0, 0.1) is 6.92 Å². The van der Waals surface area contributed by atoms with E-state index < -0.39 is 15.9 Å². The molecule has 3 aromatic carbocycles. The number of benzene rings is 3. The number of nitrogens with one attached hydrogen (secondary N) is 1. The van der Waals surface area contributed by atoms with Gasteiger partial charge in [-0.05, 0) is 63.5 Å². The van der Waals surface area contributed by atoms with Gasteiger partial charge in [-0.25, -0.2) is 8.42 Å². The highest BCUT2D eigenvalue weighted by Gasteiger charge is 2.23. The Balaban J connectivity index is 1.76. The van der Waals surface area contributed by atoms with Crippen LogP contribution < -0.4 is 5.32 Å². The first-order valence-electron chi connectivity index (χ1n) is 8.28. The predicted octanol–water partition coefficient (Wildman–Crippen LogP) is 4.17. The molecule has 1 N–H and O–H groups in total. The minimum atomic E-state index is -3.77. The Kier molecular flexibility index (Phi) is 5.64. The van der Waals surface area contributed by atoms with Crippen molar-refractivity contribution in [1.29, 1.82) is 0 Å². The number of carbonyl (C=O) groups is 1. The molecule has 140 valence electrons. The van der Waals surface area contributed by atoms with E-state index >= 15 is 0 Å². The van der Waals surface area contributed by atoms with Gasteiger partial charge in [0.1, 0.15) is 0 Å². The Bertz CT molecular complexity index is 1110. The number of sulfonamides is 1. The Hall–Kier alpha value is -2.22. The lowest BCUT2D eigenvalue weighted by molar-refractivity contribution is -0.116. The van der Waals surface area contributed by atoms with Gasteiger partial charge in [0.05, 0.1) is 17.1 Å². The average Bonchev–Trinajstić information content (AvgIpc) is 2.63. The number of nitrogens with zero attached hydrogens (tertiary/aromatic N) is 1. The minimum absolute atomic E-state index is 0.160. The van der Waals surface area contributed by atoms with E-state index in [0.29, 0.717) is 5.69 Å². The molecule has 0 atom stereocenters. The summed E-state index contributed by atoms with van der Waals surface area (Å²) >= 11 is 3.39. The molecule has 0 saturated carbocycles. The Morgan fingerprint density at radius 2 is 1.74 bits per heavy atom. The van der Waals surface area contributed by atoms with Crippen molar-refractivity contribution in [2.75, 3.05) is 18.9 Å². The maximum absolute atomic E-state index is 12.8. The topological polar surface area (TPSA) is 66.5 Å². The molecule has 0 fully saturated rings. The van der Waals surface area contributed by atoms with Crippen LogP contribution in [0.25, 0.3) is 10.8 Å². The number of hydrogen-bond acceptors (Lipinski definition) is 3. The van der Waals surface area contributed by atoms with Crippen molar-refractivity contribution in [2.45, 2.75) is 11.8 Å². The lowest BCUT2D eigenvalue weighted by atomic mass is 10.1. The van der Waals surface area contributed by atoms with Crippen LogP contribution in [0.5, 0.6) is 0 Å². The van der Waals surface area contributed by atoms with Gasteiger partial charge < -0.3 is 5.32 Å². The van der Waals surface area contributed by atoms with Gasteiger partial charge in [0, 0.05) is 11.5 Å². The van der Waals surface area contributed by atoms with Crippen LogP contribution in [0.3, 0.4) is 0 Å². The molecule has 0 aliphatic carbocycles. The van der Waals surface area contributed by atoms with Gasteiger partial charge in [0.25, 0.3) is 0 Å². The molecule has 3 aromatic rings. The van der Waals surface area contributed by atoms with Crippen LogP contribution in [-0.4, -0.2) is 32.2 Å². The summed E-state index contributed by atoms with van der Waals surface area (Å²) in [5, 5.41) is 4.52. The number of aryl methyl sites for hydroxylation is 1. The van der Waals surface area contributed by atoms with Crippen LogP contribution in [0.1, 0.15) is 5.56 Å². The fraction of sp³-hybridized carbons (Fsp3) is 0.150. The summed E-state index contributed by atoms with van der Waals surface area (Å²) in [4.78, 5) is 12.5. The van der Waals surface area contributed by atoms with Crippen molar-refractivity contribution in [2.24, 2.45) is 0 Å². The van der Waals surface area contributed by atoms with Crippen molar-refractivity contribution in [3.63, 3.8) is 0 Å². The highest BCUT2D eigenvalue weighted by Crippen LogP contribution is 2.24. The molecule has 3 rings (SSSR count). The molecule has 1 amide bonds. The SMILES string of the molecule is Cc1ccc(NC(=O)CN(C)S(=O)(=O)c2ccc3ccccc3c2)c(Br)c1. The Morgan fingerprint density at radius 3 is 2.44 bits per heavy atom. The summed E-state index contributed by atoms with van der Waals surface area (Å²) in [5.74, 6) is -0.411. The predicted molar refractivity (Wildman–Crippen MR) is 111 cm³/mol. The van der Waals surface area contributed by atoms with Crippen LogP contribution in [-0.2, 0) is 14.8 Å². The Labute approximate surface area is 167 Å². The summed E-state index contributed by atoms with van der Waals surface area (Å²) < 4.78 is 27.4. The molecule has 5 nitrogen and oxygen atoms in total. The van der Waals surface area contributed by atoms with Gasteiger partial charge in [0.15, 0.2) is 0 Å². The molecule has 0 unspecified atom stereocenters. The monoisotopic (exact) mass is 446 g/mol. The molecular weight excluding hydrogens is 428 g/mol. The summed E-state index contributed by atoms with van der Waals surface area (Å²) in [7, 11) is -2.38. The van der Waals surface area contributed by atoms with E-state index in [9.17, 15) is 13.2 Å². The number of amides is 1. The van der Waals surface area contributed by atoms with Gasteiger partial charge >= 0.3 is 0 Å². The number of halogens is 1. The molecular formula is C20H19BrN2O3S. The first-order valence-corrected chi connectivity index (χ1v) is 10.5. The number of carbonyl (C=O) groups excluding carboxylic acids is 1. The first kappa shape index (κ1) is 19.5. The molecule has 0 aromatic heterocycles. The molecule has 0 saturated heterocycles. The van der Waals surface area contributed by atoms with Crippen molar-refractivity contribution < 1.29 is 13.2 Å². The van der Waals surface area contributed by atoms with Crippen molar-refractivity contribution in [3.8, 4) is 0 Å². The molecule has 0 heterocycles. The number of rotatable bonds is 5. The van der Waals surface area contributed by atoms with E-state index in [-0.39, 0.29) is 11.4 Å². The van der Waals surface area contributed by atoms with Gasteiger partial charge in [-0.1, -0.05) is 36.4 Å². The molecule has 0 aliphatic rings. The van der Waals surface area contributed by atoms with E-state index in [1.54, 1.807) is 24.3 Å². The standard InChI is InChI=1S/C20H19BrN2O3S/c1-14-7-10-19(18(21)11-14)22-20(24)13-23(2)27(25,26)17-9-8-15-5-3-4-6-16(15)12-17/h3-12H,13H2,1-2H3,(H,22,24). The van der Waals surface area contributed by atoms with Crippen molar-refractivity contribution in [1.82, 2.24) is 4.31 Å². The molecule has 0 radical (unpaired) electrons. The van der Waals surface area contributed by atoms with Crippen LogP contribution in [0.4, 0.5) is 5.69 Å². The lowest BCUT2D eigenvalue weighted by Gasteiger charge is -2.17. The maximum atomic E-state index is 12.8. The largest absolute Gasteiger partial charge is 0.324 e. The Morgan fingerprint density at radius 1 is 1.04 bits per heavy atom. The number of anilines is 1. The fourth-order valence-corrected chi connectivity index (χ4v) is 4.46. The zero-order chi connectivity index (χ0) is 19.6. The van der Waals surface area contributed by atoms with E-state index in [1.807, 2.05) is 43.3 Å². The zero-order valence-electron chi connectivity index (χ0n) is 14.9. The highest BCUT2D eigenvalue weighted by molar-refractivity contribution is 9.10. The van der Waals surface area contributed by atoms with Gasteiger partial charge in [-0.15, -0.1) is 0 Å². The second kappa shape index (κ2) is 7.80. The highest BCUT2D eigenvalue weighted by atomic mass is 79.9. The second-order valence-electron chi connectivity index (χ2n) is 6.30. The zero-order valence-corrected chi connectivity index (χ0v) is 17.3. The summed E-state index contributed by atoms with van der Waals surface area (Å²) in [6.07, 6.45) is 0. The van der Waals surface area contributed by atoms with E-state index in [1.165, 1.54) is 7.05 Å². The molecule has 0 spiro atoms. The smallest absolute Gasteiger partial charge is 0.243 e. The number of fused-ring (bicyclic) bond motifs is 1. The van der Waals surface area contributed by atoms with Gasteiger partial charge in [-0.3, -0.25) is 4.79 Å². The molecule has 7 heteroatoms. The van der Waals surface area contributed by atoms with E-state index in [4.69, 9.17) is 0 Å². The molecule has 27 heavy (non-hydrogen) atoms. The van der Waals surface area contributed by atoms with Gasteiger partial charge in [-0.2, -0.15) is 4.31 Å². The molecule has 0 bridgehead atoms. The third-order valence-corrected chi connectivity index (χ3v) is 6.65. The van der Waals surface area contributed by atoms with E-state index in [2.05, 4.69) is 21.2 Å². The third kappa shape index (κ3) is 4.37. The fourth-order valence-electron chi connectivity index (χ4n) is 2.71. The maximum Gasteiger partial charge on any atom is 0.243 e. The van der Waals surface area contributed by atoms with Crippen LogP contribution >= 0.6 is 15.9 Å². The summed E-state index contributed by atoms with van der Waals surface area (Å²) in [5.41, 5.74) is 1.65. The normalized spacial score (nSPS) is 11.7. The summed E-state index contributed by atoms with van der Waals surface area (Å²) in [6.45, 7) is 1.66. The minimum Gasteiger partial charge on any atom is -0.324 e. The first-order chi connectivity index (χ1) is 12.8. The van der Waals surface area contributed by atoms with Gasteiger partial charge in [0.2, 0.25) is 15.9 Å². The number of hydrogen-bond donors (Lipinski definition) is 1. The van der Waals surface area contributed by atoms with Crippen LogP contribution in [0.15, 0.2) is 70.0 Å². The molecule has 0 aliphatic heterocycles. The van der Waals surface area contributed by atoms with E-state index in [0.717, 1.165) is 25.1 Å². The van der Waals surface area contributed by atoms with Crippen LogP contribution in [0.2, 0.25) is 0 Å².